The smallest absolute Gasteiger partial charge is 0.0998 e. The van der Waals surface area contributed by atoms with Crippen LogP contribution in [0.25, 0.3) is 11.6 Å². The zero-order valence-corrected chi connectivity index (χ0v) is 17.7. The number of anilines is 1. The number of nitriles is 1. The summed E-state index contributed by atoms with van der Waals surface area (Å²) < 4.78 is 0.982. The van der Waals surface area contributed by atoms with Gasteiger partial charge in [-0.3, -0.25) is 0 Å². The maximum Gasteiger partial charge on any atom is 0.0998 e. The summed E-state index contributed by atoms with van der Waals surface area (Å²) in [6.45, 7) is 9.03. The molecule has 3 rings (SSSR count). The minimum atomic E-state index is 0.157. The van der Waals surface area contributed by atoms with Crippen LogP contribution in [0.1, 0.15) is 55.4 Å². The molecule has 2 aromatic rings. The average molecular weight is 409 g/mol. The summed E-state index contributed by atoms with van der Waals surface area (Å²) in [7, 11) is 2.18. The number of hydrogen-bond acceptors (Lipinski definition) is 2. The van der Waals surface area contributed by atoms with Gasteiger partial charge in [0.1, 0.15) is 0 Å². The third kappa shape index (κ3) is 3.44. The standard InChI is InChI=1S/C23H25BrN2/c1-15-9-22-21(16(2)13-23(3,4)26(22)5)12-18(15)10-19(14-25)17-7-6-8-20(24)11-17/h6-12,16H,13H2,1-5H3/b19-10-/t16-/m1/s1. The molecule has 0 spiro atoms. The van der Waals surface area contributed by atoms with Gasteiger partial charge in [-0.1, -0.05) is 35.0 Å². The Hall–Kier alpha value is -2.05. The van der Waals surface area contributed by atoms with Crippen molar-refractivity contribution >= 4 is 33.3 Å². The molecule has 0 aromatic heterocycles. The third-order valence-corrected chi connectivity index (χ3v) is 6.07. The fourth-order valence-electron chi connectivity index (χ4n) is 3.88. The van der Waals surface area contributed by atoms with E-state index in [0.717, 1.165) is 22.0 Å². The Bertz CT molecular complexity index is 918. The lowest BCUT2D eigenvalue weighted by Crippen LogP contribution is -2.45. The molecule has 1 heterocycles. The van der Waals surface area contributed by atoms with Crippen molar-refractivity contribution in [1.82, 2.24) is 0 Å². The summed E-state index contributed by atoms with van der Waals surface area (Å²) in [5, 5.41) is 9.68. The normalized spacial score (nSPS) is 19.0. The number of rotatable bonds is 2. The van der Waals surface area contributed by atoms with Crippen molar-refractivity contribution in [3.8, 4) is 6.07 Å². The van der Waals surface area contributed by atoms with Crippen LogP contribution in [-0.4, -0.2) is 12.6 Å². The molecule has 3 heteroatoms. The first-order valence-electron chi connectivity index (χ1n) is 8.99. The van der Waals surface area contributed by atoms with E-state index in [-0.39, 0.29) is 5.54 Å². The van der Waals surface area contributed by atoms with E-state index in [0.29, 0.717) is 11.5 Å². The second-order valence-electron chi connectivity index (χ2n) is 7.92. The van der Waals surface area contributed by atoms with E-state index < -0.39 is 0 Å². The molecule has 2 aromatic carbocycles. The van der Waals surface area contributed by atoms with E-state index in [1.165, 1.54) is 16.8 Å². The topological polar surface area (TPSA) is 27.0 Å². The summed E-state index contributed by atoms with van der Waals surface area (Å²) in [6, 6.07) is 14.8. The summed E-state index contributed by atoms with van der Waals surface area (Å²) in [5.74, 6) is 0.500. The van der Waals surface area contributed by atoms with Gasteiger partial charge in [0.25, 0.3) is 0 Å². The molecule has 1 aliphatic heterocycles. The minimum absolute atomic E-state index is 0.157. The molecule has 1 aliphatic rings. The van der Waals surface area contributed by atoms with Gasteiger partial charge in [-0.05, 0) is 85.7 Å². The zero-order valence-electron chi connectivity index (χ0n) is 16.1. The van der Waals surface area contributed by atoms with Gasteiger partial charge < -0.3 is 4.90 Å². The Morgan fingerprint density at radius 1 is 1.31 bits per heavy atom. The average Bonchev–Trinajstić information content (AvgIpc) is 2.58. The van der Waals surface area contributed by atoms with Crippen LogP contribution in [-0.2, 0) is 0 Å². The molecule has 1 atom stereocenters. The molecule has 0 unspecified atom stereocenters. The number of benzene rings is 2. The largest absolute Gasteiger partial charge is 0.369 e. The molecular formula is C23H25BrN2. The highest BCUT2D eigenvalue weighted by Crippen LogP contribution is 2.43. The number of allylic oxidation sites excluding steroid dienone is 1. The molecule has 0 aliphatic carbocycles. The van der Waals surface area contributed by atoms with Crippen LogP contribution in [0.4, 0.5) is 5.69 Å². The maximum absolute atomic E-state index is 9.68. The van der Waals surface area contributed by atoms with Crippen LogP contribution in [0.3, 0.4) is 0 Å². The molecule has 0 bridgehead atoms. The number of nitrogens with zero attached hydrogens (tertiary/aromatic N) is 2. The van der Waals surface area contributed by atoms with Gasteiger partial charge in [-0.25, -0.2) is 0 Å². The second-order valence-corrected chi connectivity index (χ2v) is 8.84. The van der Waals surface area contributed by atoms with E-state index in [4.69, 9.17) is 0 Å². The molecule has 0 N–H and O–H groups in total. The monoisotopic (exact) mass is 408 g/mol. The van der Waals surface area contributed by atoms with Gasteiger partial charge in [-0.2, -0.15) is 5.26 Å². The second kappa shape index (κ2) is 6.93. The van der Waals surface area contributed by atoms with Gasteiger partial charge in [0, 0.05) is 22.7 Å². The van der Waals surface area contributed by atoms with Gasteiger partial charge in [-0.15, -0.1) is 0 Å². The van der Waals surface area contributed by atoms with Gasteiger partial charge >= 0.3 is 0 Å². The number of hydrogen-bond donors (Lipinski definition) is 0. The van der Waals surface area contributed by atoms with Gasteiger partial charge in [0.15, 0.2) is 0 Å². The third-order valence-electron chi connectivity index (χ3n) is 5.58. The van der Waals surface area contributed by atoms with Crippen LogP contribution in [0.2, 0.25) is 0 Å². The van der Waals surface area contributed by atoms with Crippen molar-refractivity contribution in [2.45, 2.75) is 45.6 Å². The predicted molar refractivity (Wildman–Crippen MR) is 114 cm³/mol. The number of aryl methyl sites for hydroxylation is 1. The SMILES string of the molecule is Cc1cc2c(cc1/C=C(/C#N)c1cccc(Br)c1)[C@H](C)CC(C)(C)N2C. The lowest BCUT2D eigenvalue weighted by atomic mass is 9.79. The highest BCUT2D eigenvalue weighted by atomic mass is 79.9. The molecule has 134 valence electrons. The van der Waals surface area contributed by atoms with Crippen LogP contribution >= 0.6 is 15.9 Å². The Morgan fingerprint density at radius 2 is 2.04 bits per heavy atom. The highest BCUT2D eigenvalue weighted by molar-refractivity contribution is 9.10. The Kier molecular flexibility index (Phi) is 4.99. The zero-order chi connectivity index (χ0) is 19.1. The van der Waals surface area contributed by atoms with E-state index in [2.05, 4.69) is 73.8 Å². The molecule has 0 amide bonds. The molecule has 26 heavy (non-hydrogen) atoms. The summed E-state index contributed by atoms with van der Waals surface area (Å²) >= 11 is 3.49. The summed E-state index contributed by atoms with van der Waals surface area (Å²) in [4.78, 5) is 2.39. The molecule has 0 radical (unpaired) electrons. The van der Waals surface area contributed by atoms with Gasteiger partial charge in [0.05, 0.1) is 11.6 Å². The van der Waals surface area contributed by atoms with Crippen molar-refractivity contribution < 1.29 is 0 Å². The van der Waals surface area contributed by atoms with Crippen molar-refractivity contribution in [1.29, 1.82) is 5.26 Å². The first kappa shape index (κ1) is 18.7. The molecule has 2 nitrogen and oxygen atoms in total. The first-order chi connectivity index (χ1) is 12.2. The first-order valence-corrected chi connectivity index (χ1v) is 9.78. The fourth-order valence-corrected chi connectivity index (χ4v) is 4.28. The highest BCUT2D eigenvalue weighted by Gasteiger charge is 2.34. The van der Waals surface area contributed by atoms with Gasteiger partial charge in [0.2, 0.25) is 0 Å². The summed E-state index contributed by atoms with van der Waals surface area (Å²) in [6.07, 6.45) is 3.14. The predicted octanol–water partition coefficient (Wildman–Crippen LogP) is 6.54. The van der Waals surface area contributed by atoms with E-state index in [1.807, 2.05) is 30.3 Å². The molecule has 0 saturated carbocycles. The Labute approximate surface area is 165 Å². The quantitative estimate of drug-likeness (QED) is 0.416. The minimum Gasteiger partial charge on any atom is -0.369 e. The Morgan fingerprint density at radius 3 is 2.69 bits per heavy atom. The van der Waals surface area contributed by atoms with Crippen LogP contribution in [0, 0.1) is 18.3 Å². The lowest BCUT2D eigenvalue weighted by Gasteiger charge is -2.45. The number of fused-ring (bicyclic) bond motifs is 1. The van der Waals surface area contributed by atoms with E-state index in [1.54, 1.807) is 0 Å². The molecule has 0 fully saturated rings. The number of halogens is 1. The van der Waals surface area contributed by atoms with Crippen molar-refractivity contribution in [3.63, 3.8) is 0 Å². The summed E-state index contributed by atoms with van der Waals surface area (Å²) in [5.41, 5.74) is 6.78. The Balaban J connectivity index is 2.10. The molecule has 0 saturated heterocycles. The van der Waals surface area contributed by atoms with Crippen LogP contribution < -0.4 is 4.90 Å². The fraction of sp³-hybridized carbons (Fsp3) is 0.348. The van der Waals surface area contributed by atoms with Crippen molar-refractivity contribution in [2.24, 2.45) is 0 Å². The van der Waals surface area contributed by atoms with Crippen molar-refractivity contribution in [3.05, 3.63) is 63.1 Å². The van der Waals surface area contributed by atoms with Crippen LogP contribution in [0.15, 0.2) is 40.9 Å². The van der Waals surface area contributed by atoms with Crippen molar-refractivity contribution in [2.75, 3.05) is 11.9 Å². The molecular weight excluding hydrogens is 384 g/mol. The van der Waals surface area contributed by atoms with E-state index in [9.17, 15) is 5.26 Å². The maximum atomic E-state index is 9.68. The van der Waals surface area contributed by atoms with E-state index >= 15 is 0 Å². The van der Waals surface area contributed by atoms with Crippen LogP contribution in [0.5, 0.6) is 0 Å². The lowest BCUT2D eigenvalue weighted by molar-refractivity contribution is 0.395.